The molecule has 1 N–H and O–H groups in total. The number of carboxylic acid groups (broad SMARTS) is 1. The Balaban J connectivity index is 1.97. The van der Waals surface area contributed by atoms with Gasteiger partial charge in [0.25, 0.3) is 0 Å². The molecular formula is C15H21NO3. The van der Waals surface area contributed by atoms with E-state index in [1.165, 1.54) is 0 Å². The van der Waals surface area contributed by atoms with Gasteiger partial charge in [-0.05, 0) is 37.6 Å². The molecule has 104 valence electrons. The van der Waals surface area contributed by atoms with Crippen molar-refractivity contribution < 1.29 is 14.6 Å². The Morgan fingerprint density at radius 2 is 2.21 bits per heavy atom. The number of hydrogen-bond acceptors (Lipinski definition) is 3. The van der Waals surface area contributed by atoms with E-state index in [0.717, 1.165) is 37.1 Å². The Bertz CT molecular complexity index is 454. The van der Waals surface area contributed by atoms with Crippen LogP contribution in [0.2, 0.25) is 0 Å². The van der Waals surface area contributed by atoms with Crippen LogP contribution in [0.4, 0.5) is 0 Å². The fraction of sp³-hybridized carbons (Fsp3) is 0.533. The molecule has 1 saturated carbocycles. The molecule has 0 aliphatic heterocycles. The number of benzene rings is 1. The van der Waals surface area contributed by atoms with Crippen LogP contribution in [0.15, 0.2) is 24.3 Å². The van der Waals surface area contributed by atoms with E-state index >= 15 is 0 Å². The predicted molar refractivity (Wildman–Crippen MR) is 73.2 cm³/mol. The third-order valence-electron chi connectivity index (χ3n) is 3.92. The smallest absolute Gasteiger partial charge is 0.310 e. The van der Waals surface area contributed by atoms with Crippen molar-refractivity contribution in [2.75, 3.05) is 20.7 Å². The van der Waals surface area contributed by atoms with Crippen molar-refractivity contribution in [3.8, 4) is 5.75 Å². The Morgan fingerprint density at radius 3 is 2.74 bits per heavy atom. The van der Waals surface area contributed by atoms with Crippen LogP contribution < -0.4 is 4.74 Å². The summed E-state index contributed by atoms with van der Waals surface area (Å²) < 4.78 is 5.20. The molecule has 0 bridgehead atoms. The van der Waals surface area contributed by atoms with Gasteiger partial charge in [-0.3, -0.25) is 4.79 Å². The van der Waals surface area contributed by atoms with Gasteiger partial charge in [0, 0.05) is 13.1 Å². The first-order valence-electron chi connectivity index (χ1n) is 6.61. The third kappa shape index (κ3) is 3.07. The van der Waals surface area contributed by atoms with Gasteiger partial charge < -0.3 is 14.7 Å². The normalized spacial score (nSPS) is 17.0. The standard InChI is InChI=1S/C15H21NO3/c1-16(11-15(14(17)18)7-4-8-15)10-12-5-3-6-13(9-12)19-2/h3,5-6,9H,4,7-8,10-11H2,1-2H3,(H,17,18). The Morgan fingerprint density at radius 1 is 1.47 bits per heavy atom. The molecule has 0 radical (unpaired) electrons. The van der Waals surface area contributed by atoms with Gasteiger partial charge in [-0.25, -0.2) is 0 Å². The zero-order chi connectivity index (χ0) is 13.9. The largest absolute Gasteiger partial charge is 0.497 e. The average molecular weight is 263 g/mol. The minimum absolute atomic E-state index is 0.520. The van der Waals surface area contributed by atoms with Crippen molar-refractivity contribution in [1.29, 1.82) is 0 Å². The molecule has 0 saturated heterocycles. The van der Waals surface area contributed by atoms with Crippen LogP contribution in [0, 0.1) is 5.41 Å². The number of carboxylic acids is 1. The fourth-order valence-corrected chi connectivity index (χ4v) is 2.70. The highest BCUT2D eigenvalue weighted by atomic mass is 16.5. The molecule has 1 fully saturated rings. The number of carbonyl (C=O) groups is 1. The van der Waals surface area contributed by atoms with E-state index < -0.39 is 11.4 Å². The summed E-state index contributed by atoms with van der Waals surface area (Å²) in [5, 5.41) is 9.33. The predicted octanol–water partition coefficient (Wildman–Crippen LogP) is 2.38. The third-order valence-corrected chi connectivity index (χ3v) is 3.92. The van der Waals surface area contributed by atoms with Gasteiger partial charge in [-0.2, -0.15) is 0 Å². The second-order valence-electron chi connectivity index (χ2n) is 5.46. The maximum atomic E-state index is 11.3. The van der Waals surface area contributed by atoms with E-state index in [1.54, 1.807) is 7.11 Å². The van der Waals surface area contributed by atoms with E-state index in [4.69, 9.17) is 4.74 Å². The van der Waals surface area contributed by atoms with Gasteiger partial charge in [0.2, 0.25) is 0 Å². The minimum atomic E-state index is -0.656. The molecule has 0 spiro atoms. The summed E-state index contributed by atoms with van der Waals surface area (Å²) in [6.07, 6.45) is 2.62. The van der Waals surface area contributed by atoms with E-state index in [9.17, 15) is 9.90 Å². The van der Waals surface area contributed by atoms with Crippen LogP contribution in [0.3, 0.4) is 0 Å². The summed E-state index contributed by atoms with van der Waals surface area (Å²) in [6, 6.07) is 7.89. The monoisotopic (exact) mass is 263 g/mol. The SMILES string of the molecule is COc1cccc(CN(C)CC2(C(=O)O)CCC2)c1. The Labute approximate surface area is 114 Å². The van der Waals surface area contributed by atoms with Crippen LogP contribution in [0.25, 0.3) is 0 Å². The zero-order valence-electron chi connectivity index (χ0n) is 11.6. The number of methoxy groups -OCH3 is 1. The van der Waals surface area contributed by atoms with Crippen molar-refractivity contribution in [2.45, 2.75) is 25.8 Å². The second kappa shape index (κ2) is 5.61. The number of hydrogen-bond donors (Lipinski definition) is 1. The van der Waals surface area contributed by atoms with Crippen molar-refractivity contribution in [1.82, 2.24) is 4.90 Å². The lowest BCUT2D eigenvalue weighted by Gasteiger charge is -2.40. The maximum Gasteiger partial charge on any atom is 0.310 e. The van der Waals surface area contributed by atoms with Gasteiger partial charge >= 0.3 is 5.97 Å². The fourth-order valence-electron chi connectivity index (χ4n) is 2.70. The van der Waals surface area contributed by atoms with Gasteiger partial charge in [0.05, 0.1) is 12.5 Å². The van der Waals surface area contributed by atoms with Gasteiger partial charge in [0.15, 0.2) is 0 Å². The molecule has 1 aromatic rings. The first kappa shape index (κ1) is 13.9. The quantitative estimate of drug-likeness (QED) is 0.856. The first-order chi connectivity index (χ1) is 9.05. The summed E-state index contributed by atoms with van der Waals surface area (Å²) in [5.74, 6) is 0.179. The minimum Gasteiger partial charge on any atom is -0.497 e. The molecule has 2 rings (SSSR count). The molecule has 0 heterocycles. The van der Waals surface area contributed by atoms with Crippen LogP contribution in [-0.2, 0) is 11.3 Å². The zero-order valence-corrected chi connectivity index (χ0v) is 11.6. The number of rotatable bonds is 6. The summed E-state index contributed by atoms with van der Waals surface area (Å²) >= 11 is 0. The second-order valence-corrected chi connectivity index (χ2v) is 5.46. The Kier molecular flexibility index (Phi) is 4.10. The molecular weight excluding hydrogens is 242 g/mol. The number of nitrogens with zero attached hydrogens (tertiary/aromatic N) is 1. The lowest BCUT2D eigenvalue weighted by molar-refractivity contribution is -0.156. The Hall–Kier alpha value is -1.55. The van der Waals surface area contributed by atoms with Crippen LogP contribution in [0.1, 0.15) is 24.8 Å². The average Bonchev–Trinajstić information content (AvgIpc) is 2.33. The van der Waals surface area contributed by atoms with Crippen LogP contribution in [0.5, 0.6) is 5.75 Å². The van der Waals surface area contributed by atoms with E-state index in [-0.39, 0.29) is 0 Å². The molecule has 0 unspecified atom stereocenters. The van der Waals surface area contributed by atoms with Crippen molar-refractivity contribution in [3.63, 3.8) is 0 Å². The lowest BCUT2D eigenvalue weighted by Crippen LogP contribution is -2.46. The topological polar surface area (TPSA) is 49.8 Å². The summed E-state index contributed by atoms with van der Waals surface area (Å²) in [7, 11) is 3.62. The highest BCUT2D eigenvalue weighted by Gasteiger charge is 2.44. The summed E-state index contributed by atoms with van der Waals surface area (Å²) in [4.78, 5) is 13.4. The van der Waals surface area contributed by atoms with E-state index in [1.807, 2.05) is 31.3 Å². The highest BCUT2D eigenvalue weighted by molar-refractivity contribution is 5.76. The summed E-state index contributed by atoms with van der Waals surface area (Å²) in [6.45, 7) is 1.35. The molecule has 4 heteroatoms. The lowest BCUT2D eigenvalue weighted by atomic mass is 9.68. The van der Waals surface area contributed by atoms with Crippen molar-refractivity contribution >= 4 is 5.97 Å². The van der Waals surface area contributed by atoms with E-state index in [0.29, 0.717) is 6.54 Å². The molecule has 19 heavy (non-hydrogen) atoms. The maximum absolute atomic E-state index is 11.3. The number of ether oxygens (including phenoxy) is 1. The molecule has 0 amide bonds. The molecule has 0 aromatic heterocycles. The van der Waals surface area contributed by atoms with Crippen LogP contribution in [-0.4, -0.2) is 36.7 Å². The van der Waals surface area contributed by atoms with Gasteiger partial charge in [-0.1, -0.05) is 18.6 Å². The first-order valence-corrected chi connectivity index (χ1v) is 6.61. The molecule has 4 nitrogen and oxygen atoms in total. The molecule has 1 aliphatic rings. The molecule has 1 aliphatic carbocycles. The molecule has 1 aromatic carbocycles. The summed E-state index contributed by atoms with van der Waals surface area (Å²) in [5.41, 5.74) is 0.620. The van der Waals surface area contributed by atoms with E-state index in [2.05, 4.69) is 4.90 Å². The van der Waals surface area contributed by atoms with Gasteiger partial charge in [0.1, 0.15) is 5.75 Å². The molecule has 0 atom stereocenters. The van der Waals surface area contributed by atoms with Crippen molar-refractivity contribution in [3.05, 3.63) is 29.8 Å². The highest BCUT2D eigenvalue weighted by Crippen LogP contribution is 2.41. The van der Waals surface area contributed by atoms with Crippen LogP contribution >= 0.6 is 0 Å². The number of aliphatic carboxylic acids is 1. The van der Waals surface area contributed by atoms with Gasteiger partial charge in [-0.15, -0.1) is 0 Å². The van der Waals surface area contributed by atoms with Crippen molar-refractivity contribution in [2.24, 2.45) is 5.41 Å².